The van der Waals surface area contributed by atoms with Crippen molar-refractivity contribution < 1.29 is 0 Å². The van der Waals surface area contributed by atoms with E-state index in [2.05, 4.69) is 17.4 Å². The first-order valence-electron chi connectivity index (χ1n) is 7.81. The van der Waals surface area contributed by atoms with Crippen LogP contribution in [-0.4, -0.2) is 13.1 Å². The first kappa shape index (κ1) is 13.5. The summed E-state index contributed by atoms with van der Waals surface area (Å²) in [6.07, 6.45) is 8.50. The zero-order chi connectivity index (χ0) is 13.1. The average Bonchev–Trinajstić information content (AvgIpc) is 2.49. The Morgan fingerprint density at radius 2 is 1.79 bits per heavy atom. The van der Waals surface area contributed by atoms with Crippen LogP contribution in [0.1, 0.15) is 50.0 Å². The lowest BCUT2D eigenvalue weighted by Gasteiger charge is -2.40. The molecule has 1 aliphatic heterocycles. The Labute approximate surface area is 121 Å². The van der Waals surface area contributed by atoms with Crippen LogP contribution < -0.4 is 5.32 Å². The Balaban J connectivity index is 1.82. The van der Waals surface area contributed by atoms with E-state index in [4.69, 9.17) is 11.6 Å². The molecule has 0 bridgehead atoms. The Bertz CT molecular complexity index is 411. The van der Waals surface area contributed by atoms with Gasteiger partial charge in [-0.15, -0.1) is 0 Å². The third-order valence-electron chi connectivity index (χ3n) is 5.10. The average molecular weight is 278 g/mol. The van der Waals surface area contributed by atoms with E-state index in [-0.39, 0.29) is 0 Å². The van der Waals surface area contributed by atoms with Crippen molar-refractivity contribution in [1.82, 2.24) is 5.32 Å². The zero-order valence-electron chi connectivity index (χ0n) is 11.6. The number of nitrogens with one attached hydrogen (secondary N) is 1. The minimum absolute atomic E-state index is 0.616. The molecule has 104 valence electrons. The number of rotatable bonds is 2. The largest absolute Gasteiger partial charge is 0.316 e. The molecule has 2 unspecified atom stereocenters. The van der Waals surface area contributed by atoms with Gasteiger partial charge in [-0.3, -0.25) is 0 Å². The van der Waals surface area contributed by atoms with E-state index in [1.165, 1.54) is 50.6 Å². The summed E-state index contributed by atoms with van der Waals surface area (Å²) in [7, 11) is 0. The van der Waals surface area contributed by atoms with Crippen LogP contribution in [0.3, 0.4) is 0 Å². The summed E-state index contributed by atoms with van der Waals surface area (Å²) >= 11 is 6.43. The Morgan fingerprint density at radius 1 is 1.00 bits per heavy atom. The van der Waals surface area contributed by atoms with Crippen molar-refractivity contribution in [2.75, 3.05) is 13.1 Å². The molecule has 0 radical (unpaired) electrons. The van der Waals surface area contributed by atoms with Crippen LogP contribution in [0.5, 0.6) is 0 Å². The number of piperidine rings is 1. The number of halogens is 1. The van der Waals surface area contributed by atoms with Gasteiger partial charge in [-0.1, -0.05) is 61.9 Å². The molecule has 1 N–H and O–H groups in total. The predicted octanol–water partition coefficient (Wildman–Crippen LogP) is 4.61. The summed E-state index contributed by atoms with van der Waals surface area (Å²) in [6, 6.07) is 8.45. The van der Waals surface area contributed by atoms with Gasteiger partial charge in [0, 0.05) is 17.5 Å². The smallest absolute Gasteiger partial charge is 0.0441 e. The van der Waals surface area contributed by atoms with Gasteiger partial charge >= 0.3 is 0 Å². The monoisotopic (exact) mass is 277 g/mol. The second kappa shape index (κ2) is 6.28. The molecule has 1 aromatic rings. The molecule has 0 aromatic heterocycles. The summed E-state index contributed by atoms with van der Waals surface area (Å²) in [5.74, 6) is 2.38. The first-order valence-corrected chi connectivity index (χ1v) is 8.19. The summed E-state index contributed by atoms with van der Waals surface area (Å²) in [6.45, 7) is 2.28. The van der Waals surface area contributed by atoms with Gasteiger partial charge in [0.15, 0.2) is 0 Å². The summed E-state index contributed by atoms with van der Waals surface area (Å²) in [5, 5.41) is 4.53. The van der Waals surface area contributed by atoms with Crippen LogP contribution in [0, 0.1) is 11.8 Å². The van der Waals surface area contributed by atoms with Gasteiger partial charge in [0.05, 0.1) is 0 Å². The van der Waals surface area contributed by atoms with Crippen molar-refractivity contribution in [3.63, 3.8) is 0 Å². The van der Waals surface area contributed by atoms with Crippen LogP contribution in [-0.2, 0) is 0 Å². The molecule has 0 spiro atoms. The topological polar surface area (TPSA) is 12.0 Å². The SMILES string of the molecule is Clc1ccccc1C1CNCCC1C1CCCCC1. The van der Waals surface area contributed by atoms with E-state index < -0.39 is 0 Å². The number of hydrogen-bond donors (Lipinski definition) is 1. The highest BCUT2D eigenvalue weighted by molar-refractivity contribution is 6.31. The molecule has 2 atom stereocenters. The van der Waals surface area contributed by atoms with Crippen molar-refractivity contribution >= 4 is 11.6 Å². The summed E-state index contributed by atoms with van der Waals surface area (Å²) < 4.78 is 0. The first-order chi connectivity index (χ1) is 9.36. The molecule has 2 fully saturated rings. The third-order valence-corrected chi connectivity index (χ3v) is 5.44. The Kier molecular flexibility index (Phi) is 4.45. The molecule has 1 saturated heterocycles. The van der Waals surface area contributed by atoms with Gasteiger partial charge in [0.2, 0.25) is 0 Å². The van der Waals surface area contributed by atoms with Gasteiger partial charge < -0.3 is 5.32 Å². The van der Waals surface area contributed by atoms with E-state index in [1.54, 1.807) is 0 Å². The molecule has 2 aliphatic rings. The highest BCUT2D eigenvalue weighted by atomic mass is 35.5. The minimum Gasteiger partial charge on any atom is -0.316 e. The van der Waals surface area contributed by atoms with Crippen LogP contribution >= 0.6 is 11.6 Å². The van der Waals surface area contributed by atoms with E-state index in [0.29, 0.717) is 5.92 Å². The quantitative estimate of drug-likeness (QED) is 0.832. The molecule has 1 heterocycles. The number of hydrogen-bond acceptors (Lipinski definition) is 1. The van der Waals surface area contributed by atoms with Crippen molar-refractivity contribution in [3.05, 3.63) is 34.9 Å². The lowest BCUT2D eigenvalue weighted by Crippen LogP contribution is -2.39. The Hall–Kier alpha value is -0.530. The van der Waals surface area contributed by atoms with Crippen LogP contribution in [0.15, 0.2) is 24.3 Å². The van der Waals surface area contributed by atoms with E-state index in [0.717, 1.165) is 23.4 Å². The number of benzene rings is 1. The molecule has 0 amide bonds. The van der Waals surface area contributed by atoms with Gasteiger partial charge in [-0.05, 0) is 36.4 Å². The van der Waals surface area contributed by atoms with Crippen molar-refractivity contribution in [1.29, 1.82) is 0 Å². The fourth-order valence-electron chi connectivity index (χ4n) is 4.12. The fraction of sp³-hybridized carbons (Fsp3) is 0.647. The van der Waals surface area contributed by atoms with Crippen LogP contribution in [0.2, 0.25) is 5.02 Å². The molecule has 1 aliphatic carbocycles. The van der Waals surface area contributed by atoms with E-state index in [9.17, 15) is 0 Å². The van der Waals surface area contributed by atoms with Gasteiger partial charge in [-0.2, -0.15) is 0 Å². The van der Waals surface area contributed by atoms with Gasteiger partial charge in [0.25, 0.3) is 0 Å². The highest BCUT2D eigenvalue weighted by Gasteiger charge is 2.33. The maximum atomic E-state index is 6.43. The molecule has 19 heavy (non-hydrogen) atoms. The normalized spacial score (nSPS) is 29.3. The Morgan fingerprint density at radius 3 is 2.58 bits per heavy atom. The van der Waals surface area contributed by atoms with Crippen LogP contribution in [0.4, 0.5) is 0 Å². The molecule has 1 saturated carbocycles. The molecule has 1 aromatic carbocycles. The molecule has 3 rings (SSSR count). The minimum atomic E-state index is 0.616. The molecular weight excluding hydrogens is 254 g/mol. The van der Waals surface area contributed by atoms with Crippen molar-refractivity contribution in [2.45, 2.75) is 44.4 Å². The predicted molar refractivity (Wildman–Crippen MR) is 81.7 cm³/mol. The maximum absolute atomic E-state index is 6.43. The fourth-order valence-corrected chi connectivity index (χ4v) is 4.40. The molecule has 1 nitrogen and oxygen atoms in total. The summed E-state index contributed by atoms with van der Waals surface area (Å²) in [5.41, 5.74) is 1.37. The zero-order valence-corrected chi connectivity index (χ0v) is 12.3. The lowest BCUT2D eigenvalue weighted by molar-refractivity contribution is 0.178. The van der Waals surface area contributed by atoms with Crippen molar-refractivity contribution in [2.24, 2.45) is 11.8 Å². The van der Waals surface area contributed by atoms with Gasteiger partial charge in [0.1, 0.15) is 0 Å². The second-order valence-corrected chi connectivity index (χ2v) is 6.59. The maximum Gasteiger partial charge on any atom is 0.0441 e. The third kappa shape index (κ3) is 2.98. The highest BCUT2D eigenvalue weighted by Crippen LogP contribution is 2.42. The van der Waals surface area contributed by atoms with Crippen molar-refractivity contribution in [3.8, 4) is 0 Å². The van der Waals surface area contributed by atoms with Crippen LogP contribution in [0.25, 0.3) is 0 Å². The van der Waals surface area contributed by atoms with E-state index in [1.807, 2.05) is 12.1 Å². The standard InChI is InChI=1S/C17H24ClN/c18-17-9-5-4-8-15(17)16-12-19-11-10-14(16)13-6-2-1-3-7-13/h4-5,8-9,13-14,16,19H,1-3,6-7,10-12H2. The second-order valence-electron chi connectivity index (χ2n) is 6.18. The molecule has 2 heteroatoms. The van der Waals surface area contributed by atoms with Gasteiger partial charge in [-0.25, -0.2) is 0 Å². The summed E-state index contributed by atoms with van der Waals surface area (Å²) in [4.78, 5) is 0. The molecular formula is C17H24ClN. The van der Waals surface area contributed by atoms with E-state index >= 15 is 0 Å². The lowest BCUT2D eigenvalue weighted by atomic mass is 9.69.